The van der Waals surface area contributed by atoms with E-state index < -0.39 is 0 Å². The molecule has 0 aliphatic rings. The third-order valence-electron chi connectivity index (χ3n) is 2.70. The first-order valence-electron chi connectivity index (χ1n) is 5.60. The largest absolute Gasteiger partial charge is 0.334 e. The lowest BCUT2D eigenvalue weighted by atomic mass is 10.1. The SMILES string of the molecule is CCc1nnsc1C(NN)c1nccn1CC. The van der Waals surface area contributed by atoms with Crippen molar-refractivity contribution < 1.29 is 0 Å². The summed E-state index contributed by atoms with van der Waals surface area (Å²) in [7, 11) is 0. The van der Waals surface area contributed by atoms with Crippen molar-refractivity contribution in [2.24, 2.45) is 5.84 Å². The van der Waals surface area contributed by atoms with Gasteiger partial charge in [-0.3, -0.25) is 5.84 Å². The second-order valence-electron chi connectivity index (χ2n) is 3.61. The zero-order chi connectivity index (χ0) is 12.3. The quantitative estimate of drug-likeness (QED) is 0.609. The predicted molar refractivity (Wildman–Crippen MR) is 66.4 cm³/mol. The Hall–Kier alpha value is -1.31. The minimum atomic E-state index is -0.139. The van der Waals surface area contributed by atoms with Crippen LogP contribution < -0.4 is 11.3 Å². The molecule has 0 radical (unpaired) electrons. The molecule has 7 heteroatoms. The molecular weight excluding hydrogens is 236 g/mol. The molecule has 2 aromatic rings. The Kier molecular flexibility index (Phi) is 3.82. The number of hydrazine groups is 1. The maximum Gasteiger partial charge on any atom is 0.132 e. The molecule has 0 spiro atoms. The number of nitrogens with zero attached hydrogens (tertiary/aromatic N) is 4. The average molecular weight is 252 g/mol. The number of nitrogens with two attached hydrogens (primary N) is 1. The van der Waals surface area contributed by atoms with Gasteiger partial charge in [-0.2, -0.15) is 0 Å². The summed E-state index contributed by atoms with van der Waals surface area (Å²) in [6.07, 6.45) is 4.57. The molecule has 0 amide bonds. The summed E-state index contributed by atoms with van der Waals surface area (Å²) in [5, 5.41) is 4.10. The topological polar surface area (TPSA) is 81.7 Å². The highest BCUT2D eigenvalue weighted by Gasteiger charge is 2.22. The van der Waals surface area contributed by atoms with Gasteiger partial charge in [0.05, 0.1) is 10.6 Å². The third kappa shape index (κ3) is 2.21. The molecule has 0 fully saturated rings. The van der Waals surface area contributed by atoms with Crippen LogP contribution in [0.5, 0.6) is 0 Å². The molecule has 0 aliphatic carbocycles. The van der Waals surface area contributed by atoms with Gasteiger partial charge in [-0.15, -0.1) is 5.10 Å². The van der Waals surface area contributed by atoms with Crippen LogP contribution in [-0.2, 0) is 13.0 Å². The van der Waals surface area contributed by atoms with Crippen molar-refractivity contribution in [2.45, 2.75) is 32.9 Å². The molecule has 2 rings (SSSR count). The van der Waals surface area contributed by atoms with Gasteiger partial charge in [-0.1, -0.05) is 11.4 Å². The summed E-state index contributed by atoms with van der Waals surface area (Å²) >= 11 is 1.37. The molecule has 0 saturated heterocycles. The van der Waals surface area contributed by atoms with Crippen LogP contribution in [-0.4, -0.2) is 19.1 Å². The zero-order valence-electron chi connectivity index (χ0n) is 9.92. The molecule has 92 valence electrons. The van der Waals surface area contributed by atoms with E-state index in [2.05, 4.69) is 38.4 Å². The van der Waals surface area contributed by atoms with E-state index in [9.17, 15) is 0 Å². The van der Waals surface area contributed by atoms with Crippen molar-refractivity contribution in [3.8, 4) is 0 Å². The van der Waals surface area contributed by atoms with E-state index >= 15 is 0 Å². The van der Waals surface area contributed by atoms with E-state index in [0.717, 1.165) is 29.4 Å². The van der Waals surface area contributed by atoms with Crippen LogP contribution in [0, 0.1) is 0 Å². The van der Waals surface area contributed by atoms with Gasteiger partial charge >= 0.3 is 0 Å². The van der Waals surface area contributed by atoms with Crippen LogP contribution in [0.3, 0.4) is 0 Å². The Morgan fingerprint density at radius 3 is 3.00 bits per heavy atom. The maximum absolute atomic E-state index is 5.65. The number of rotatable bonds is 5. The Bertz CT molecular complexity index is 434. The normalized spacial score (nSPS) is 12.9. The van der Waals surface area contributed by atoms with Crippen LogP contribution in [0.15, 0.2) is 12.4 Å². The summed E-state index contributed by atoms with van der Waals surface area (Å²) in [6, 6.07) is -0.139. The summed E-state index contributed by atoms with van der Waals surface area (Å²) in [6.45, 7) is 4.99. The molecule has 0 aromatic carbocycles. The lowest BCUT2D eigenvalue weighted by Crippen LogP contribution is -2.31. The number of aromatic nitrogens is 4. The van der Waals surface area contributed by atoms with E-state index in [0.29, 0.717) is 0 Å². The standard InChI is InChI=1S/C10H16N6S/c1-3-7-9(17-15-14-7)8(13-11)10-12-5-6-16(10)4-2/h5-6,8,13H,3-4,11H2,1-2H3. The smallest absolute Gasteiger partial charge is 0.132 e. The lowest BCUT2D eigenvalue weighted by molar-refractivity contribution is 0.563. The van der Waals surface area contributed by atoms with Gasteiger partial charge in [0.25, 0.3) is 0 Å². The second kappa shape index (κ2) is 5.35. The van der Waals surface area contributed by atoms with Gasteiger partial charge in [-0.05, 0) is 24.9 Å². The molecular formula is C10H16N6S. The van der Waals surface area contributed by atoms with Crippen LogP contribution in [0.1, 0.15) is 36.3 Å². The average Bonchev–Trinajstić information content (AvgIpc) is 2.98. The Morgan fingerprint density at radius 2 is 2.35 bits per heavy atom. The molecule has 1 atom stereocenters. The molecule has 0 bridgehead atoms. The number of aryl methyl sites for hydroxylation is 2. The van der Waals surface area contributed by atoms with Crippen molar-refractivity contribution in [1.82, 2.24) is 24.6 Å². The van der Waals surface area contributed by atoms with E-state index in [1.165, 1.54) is 11.5 Å². The molecule has 0 aliphatic heterocycles. The molecule has 2 aromatic heterocycles. The Balaban J connectivity index is 2.40. The highest BCUT2D eigenvalue weighted by molar-refractivity contribution is 7.05. The third-order valence-corrected chi connectivity index (χ3v) is 3.53. The van der Waals surface area contributed by atoms with Crippen LogP contribution in [0.25, 0.3) is 0 Å². The van der Waals surface area contributed by atoms with E-state index in [-0.39, 0.29) is 6.04 Å². The Morgan fingerprint density at radius 1 is 1.53 bits per heavy atom. The lowest BCUT2D eigenvalue weighted by Gasteiger charge is -2.15. The van der Waals surface area contributed by atoms with Crippen molar-refractivity contribution in [3.63, 3.8) is 0 Å². The first-order chi connectivity index (χ1) is 8.31. The van der Waals surface area contributed by atoms with Gasteiger partial charge in [0.2, 0.25) is 0 Å². The molecule has 17 heavy (non-hydrogen) atoms. The summed E-state index contributed by atoms with van der Waals surface area (Å²) in [4.78, 5) is 5.40. The van der Waals surface area contributed by atoms with E-state index in [1.807, 2.05) is 6.20 Å². The van der Waals surface area contributed by atoms with Gasteiger partial charge in [0.15, 0.2) is 0 Å². The van der Waals surface area contributed by atoms with Crippen molar-refractivity contribution >= 4 is 11.5 Å². The maximum atomic E-state index is 5.65. The van der Waals surface area contributed by atoms with Crippen molar-refractivity contribution in [2.75, 3.05) is 0 Å². The number of hydrogen-bond acceptors (Lipinski definition) is 6. The first kappa shape index (κ1) is 12.2. The number of imidazole rings is 1. The van der Waals surface area contributed by atoms with Gasteiger partial charge < -0.3 is 4.57 Å². The van der Waals surface area contributed by atoms with Crippen molar-refractivity contribution in [3.05, 3.63) is 28.8 Å². The molecule has 1 unspecified atom stereocenters. The highest BCUT2D eigenvalue weighted by atomic mass is 32.1. The fraction of sp³-hybridized carbons (Fsp3) is 0.500. The van der Waals surface area contributed by atoms with Gasteiger partial charge in [-0.25, -0.2) is 10.4 Å². The van der Waals surface area contributed by atoms with Gasteiger partial charge in [0, 0.05) is 18.9 Å². The summed E-state index contributed by atoms with van der Waals surface area (Å²) < 4.78 is 6.05. The second-order valence-corrected chi connectivity index (χ2v) is 4.39. The van der Waals surface area contributed by atoms with Crippen LogP contribution in [0.2, 0.25) is 0 Å². The molecule has 2 heterocycles. The minimum Gasteiger partial charge on any atom is -0.334 e. The van der Waals surface area contributed by atoms with E-state index in [1.54, 1.807) is 6.20 Å². The van der Waals surface area contributed by atoms with E-state index in [4.69, 9.17) is 5.84 Å². The first-order valence-corrected chi connectivity index (χ1v) is 6.37. The Labute approximate surface area is 104 Å². The number of nitrogens with one attached hydrogen (secondary N) is 1. The number of hydrogen-bond donors (Lipinski definition) is 2. The highest BCUT2D eigenvalue weighted by Crippen LogP contribution is 2.25. The monoisotopic (exact) mass is 252 g/mol. The van der Waals surface area contributed by atoms with Crippen LogP contribution >= 0.6 is 11.5 Å². The predicted octanol–water partition coefficient (Wildman–Crippen LogP) is 0.870. The molecule has 3 N–H and O–H groups in total. The van der Waals surface area contributed by atoms with Gasteiger partial charge in [0.1, 0.15) is 11.9 Å². The summed E-state index contributed by atoms with van der Waals surface area (Å²) in [5.74, 6) is 6.55. The fourth-order valence-electron chi connectivity index (χ4n) is 1.80. The minimum absolute atomic E-state index is 0.139. The fourth-order valence-corrected chi connectivity index (χ4v) is 2.59. The summed E-state index contributed by atoms with van der Waals surface area (Å²) in [5.41, 5.74) is 3.78. The van der Waals surface area contributed by atoms with Crippen LogP contribution in [0.4, 0.5) is 0 Å². The van der Waals surface area contributed by atoms with Crippen molar-refractivity contribution in [1.29, 1.82) is 0 Å². The molecule has 6 nitrogen and oxygen atoms in total. The molecule has 0 saturated carbocycles. The zero-order valence-corrected chi connectivity index (χ0v) is 10.7.